The van der Waals surface area contributed by atoms with Crippen LogP contribution in [0.15, 0.2) is 54.1 Å². The highest BCUT2D eigenvalue weighted by molar-refractivity contribution is 6.30. The molecule has 0 saturated carbocycles. The van der Waals surface area contributed by atoms with Gasteiger partial charge in [-0.25, -0.2) is 4.98 Å². The highest BCUT2D eigenvalue weighted by Crippen LogP contribution is 2.34. The molecule has 2 aliphatic rings. The molecule has 1 aromatic carbocycles. The zero-order valence-electron chi connectivity index (χ0n) is 19.2. The third-order valence-electron chi connectivity index (χ3n) is 6.64. The molecular weight excluding hydrogens is 461 g/mol. The van der Waals surface area contributed by atoms with Gasteiger partial charge >= 0.3 is 0 Å². The quantitative estimate of drug-likeness (QED) is 0.310. The van der Waals surface area contributed by atoms with E-state index >= 15 is 0 Å². The summed E-state index contributed by atoms with van der Waals surface area (Å²) in [4.78, 5) is 22.4. The van der Waals surface area contributed by atoms with Crippen molar-refractivity contribution in [1.82, 2.24) is 19.7 Å². The second kappa shape index (κ2) is 9.49. The molecule has 0 amide bonds. The molecule has 0 aliphatic carbocycles. The average molecular weight is 490 g/mol. The van der Waals surface area contributed by atoms with Crippen molar-refractivity contribution in [3.63, 3.8) is 0 Å². The molecule has 7 nitrogen and oxygen atoms in total. The summed E-state index contributed by atoms with van der Waals surface area (Å²) in [5, 5.41) is 13.2. The molecule has 1 aromatic heterocycles. The number of aromatic nitrogens is 1. The van der Waals surface area contributed by atoms with Crippen LogP contribution in [0, 0.1) is 10.1 Å². The van der Waals surface area contributed by atoms with Crippen LogP contribution in [-0.2, 0) is 12.0 Å². The van der Waals surface area contributed by atoms with Crippen molar-refractivity contribution < 1.29 is 4.92 Å². The van der Waals surface area contributed by atoms with E-state index in [-0.39, 0.29) is 22.1 Å². The molecule has 176 valence electrons. The minimum atomic E-state index is -0.218. The van der Waals surface area contributed by atoms with E-state index in [2.05, 4.69) is 52.6 Å². The predicted molar refractivity (Wildman–Crippen MR) is 131 cm³/mol. The van der Waals surface area contributed by atoms with Gasteiger partial charge in [0.05, 0.1) is 18.1 Å². The number of halogens is 2. The van der Waals surface area contributed by atoms with Crippen LogP contribution in [-0.4, -0.2) is 57.0 Å². The molecule has 4 rings (SSSR count). The number of hydrogen-bond acceptors (Lipinski definition) is 6. The van der Waals surface area contributed by atoms with E-state index in [1.807, 2.05) is 18.2 Å². The maximum Gasteiger partial charge on any atom is 0.300 e. The minimum Gasteiger partial charge on any atom is -0.347 e. The van der Waals surface area contributed by atoms with Gasteiger partial charge in [-0.1, -0.05) is 55.2 Å². The lowest BCUT2D eigenvalue weighted by Crippen LogP contribution is -2.49. The second-order valence-corrected chi connectivity index (χ2v) is 10.4. The van der Waals surface area contributed by atoms with Gasteiger partial charge in [-0.05, 0) is 48.1 Å². The topological polar surface area (TPSA) is 65.8 Å². The summed E-state index contributed by atoms with van der Waals surface area (Å²) < 4.78 is 0. The van der Waals surface area contributed by atoms with Gasteiger partial charge in [-0.15, -0.1) is 0 Å². The fraction of sp³-hybridized carbons (Fsp3) is 0.458. The van der Waals surface area contributed by atoms with Gasteiger partial charge in [0, 0.05) is 36.9 Å². The van der Waals surface area contributed by atoms with Crippen LogP contribution < -0.4 is 0 Å². The van der Waals surface area contributed by atoms with Gasteiger partial charge < -0.3 is 9.80 Å². The van der Waals surface area contributed by atoms with Crippen molar-refractivity contribution in [3.8, 4) is 0 Å². The smallest absolute Gasteiger partial charge is 0.300 e. The van der Waals surface area contributed by atoms with Crippen LogP contribution >= 0.6 is 23.2 Å². The maximum absolute atomic E-state index is 12.1. The van der Waals surface area contributed by atoms with Crippen LogP contribution in [0.2, 0.25) is 10.2 Å². The van der Waals surface area contributed by atoms with Gasteiger partial charge in [-0.3, -0.25) is 15.0 Å². The molecule has 33 heavy (non-hydrogen) atoms. The van der Waals surface area contributed by atoms with Gasteiger partial charge in [0.1, 0.15) is 5.15 Å². The largest absolute Gasteiger partial charge is 0.347 e. The molecule has 1 atom stereocenters. The Balaban J connectivity index is 1.51. The van der Waals surface area contributed by atoms with Gasteiger partial charge in [0.2, 0.25) is 0 Å². The van der Waals surface area contributed by atoms with Crippen LogP contribution in [0.25, 0.3) is 0 Å². The molecule has 2 aromatic rings. The first-order valence-electron chi connectivity index (χ1n) is 11.1. The van der Waals surface area contributed by atoms with Gasteiger partial charge in [0.25, 0.3) is 5.70 Å². The number of hydrogen-bond donors (Lipinski definition) is 0. The first kappa shape index (κ1) is 23.8. The van der Waals surface area contributed by atoms with Crippen molar-refractivity contribution in [1.29, 1.82) is 0 Å². The fourth-order valence-corrected chi connectivity index (χ4v) is 5.12. The summed E-state index contributed by atoms with van der Waals surface area (Å²) in [6.45, 7) is 9.67. The average Bonchev–Trinajstić information content (AvgIpc) is 3.17. The molecule has 0 spiro atoms. The normalized spacial score (nSPS) is 18.0. The summed E-state index contributed by atoms with van der Waals surface area (Å²) in [6.07, 6.45) is 2.61. The molecule has 1 fully saturated rings. The summed E-state index contributed by atoms with van der Waals surface area (Å²) >= 11 is 12.0. The molecule has 0 bridgehead atoms. The first-order valence-corrected chi connectivity index (χ1v) is 11.9. The highest BCUT2D eigenvalue weighted by Gasteiger charge is 2.41. The van der Waals surface area contributed by atoms with E-state index in [0.717, 1.165) is 35.9 Å². The second-order valence-electron chi connectivity index (χ2n) is 9.53. The summed E-state index contributed by atoms with van der Waals surface area (Å²) in [6, 6.07) is 11.8. The number of pyridine rings is 1. The minimum absolute atomic E-state index is 0.0819. The number of nitrogens with zero attached hydrogens (tertiary/aromatic N) is 5. The highest BCUT2D eigenvalue weighted by atomic mass is 35.5. The van der Waals surface area contributed by atoms with E-state index in [1.54, 1.807) is 12.3 Å². The SMILES string of the molecule is CC(CC(C)(C)c1ccc(Cl)cc1)N1CC([N+](=O)[O-])=C2N(Cc3ccc(Cl)nc3)CCN2C1. The summed E-state index contributed by atoms with van der Waals surface area (Å²) in [5.41, 5.74) is 2.38. The van der Waals surface area contributed by atoms with Gasteiger partial charge in [0.15, 0.2) is 5.82 Å². The van der Waals surface area contributed by atoms with Crippen molar-refractivity contribution in [2.45, 2.75) is 45.2 Å². The Morgan fingerprint density at radius 1 is 1.15 bits per heavy atom. The first-order chi connectivity index (χ1) is 15.6. The van der Waals surface area contributed by atoms with Gasteiger partial charge in [-0.2, -0.15) is 0 Å². The molecule has 9 heteroatoms. The van der Waals surface area contributed by atoms with Crippen LogP contribution in [0.4, 0.5) is 0 Å². The lowest BCUT2D eigenvalue weighted by atomic mass is 9.79. The van der Waals surface area contributed by atoms with E-state index in [4.69, 9.17) is 23.2 Å². The number of nitro groups is 1. The van der Waals surface area contributed by atoms with Crippen molar-refractivity contribution >= 4 is 23.2 Å². The van der Waals surface area contributed by atoms with Crippen LogP contribution in [0.1, 0.15) is 38.3 Å². The zero-order chi connectivity index (χ0) is 23.8. The Bertz CT molecular complexity index is 1040. The molecule has 1 unspecified atom stereocenters. The van der Waals surface area contributed by atoms with Crippen LogP contribution in [0.3, 0.4) is 0 Å². The number of fused-ring (bicyclic) bond motifs is 1. The Morgan fingerprint density at radius 3 is 2.52 bits per heavy atom. The van der Waals surface area contributed by atoms with E-state index in [1.165, 1.54) is 5.56 Å². The third kappa shape index (κ3) is 5.26. The standard InChI is InChI=1S/C24H29Cl2N5O2/c1-17(12-24(2,3)19-5-7-20(25)8-6-19)30-15-21(31(32)33)23-28(10-11-29(23)16-30)14-18-4-9-22(26)27-13-18/h4-9,13,17H,10-12,14-16H2,1-3H3. The zero-order valence-corrected chi connectivity index (χ0v) is 20.7. The molecule has 0 N–H and O–H groups in total. The molecule has 2 aliphatic heterocycles. The van der Waals surface area contributed by atoms with E-state index in [0.29, 0.717) is 24.9 Å². The summed E-state index contributed by atoms with van der Waals surface area (Å²) in [7, 11) is 0. The molecular formula is C24H29Cl2N5O2. The summed E-state index contributed by atoms with van der Waals surface area (Å²) in [5.74, 6) is 0.732. The Morgan fingerprint density at radius 2 is 1.88 bits per heavy atom. The lowest BCUT2D eigenvalue weighted by Gasteiger charge is -2.40. The molecule has 0 radical (unpaired) electrons. The Hall–Kier alpha value is -2.35. The van der Waals surface area contributed by atoms with Crippen molar-refractivity contribution in [3.05, 3.63) is 85.5 Å². The predicted octanol–water partition coefficient (Wildman–Crippen LogP) is 4.98. The molecule has 3 heterocycles. The van der Waals surface area contributed by atoms with Crippen molar-refractivity contribution in [2.75, 3.05) is 26.3 Å². The van der Waals surface area contributed by atoms with E-state index < -0.39 is 0 Å². The maximum atomic E-state index is 12.1. The number of rotatable bonds is 7. The fourth-order valence-electron chi connectivity index (χ4n) is 4.88. The third-order valence-corrected chi connectivity index (χ3v) is 7.12. The number of benzene rings is 1. The Kier molecular flexibility index (Phi) is 6.84. The monoisotopic (exact) mass is 489 g/mol. The van der Waals surface area contributed by atoms with E-state index in [9.17, 15) is 10.1 Å². The Labute approximate surface area is 204 Å². The van der Waals surface area contributed by atoms with Crippen LogP contribution in [0.5, 0.6) is 0 Å². The molecule has 1 saturated heterocycles. The van der Waals surface area contributed by atoms with Crippen molar-refractivity contribution in [2.24, 2.45) is 0 Å². The lowest BCUT2D eigenvalue weighted by molar-refractivity contribution is -0.433.